The summed E-state index contributed by atoms with van der Waals surface area (Å²) in [5, 5.41) is 9.23. The van der Waals surface area contributed by atoms with E-state index in [1.54, 1.807) is 0 Å². The summed E-state index contributed by atoms with van der Waals surface area (Å²) in [6, 6.07) is 0.488. The van der Waals surface area contributed by atoms with Gasteiger partial charge in [0.25, 0.3) is 0 Å². The number of hydrogen-bond donors (Lipinski definition) is 4. The maximum atomic E-state index is 11.6. The number of carbonyl (C=O) groups is 2. The van der Waals surface area contributed by atoms with E-state index >= 15 is 0 Å². The lowest BCUT2D eigenvalue weighted by atomic mass is 10.0. The van der Waals surface area contributed by atoms with Crippen LogP contribution in [0.4, 0.5) is 4.79 Å². The predicted octanol–water partition coefficient (Wildman–Crippen LogP) is -0.196. The van der Waals surface area contributed by atoms with E-state index in [1.165, 1.54) is 0 Å². The summed E-state index contributed by atoms with van der Waals surface area (Å²) >= 11 is 1.91. The monoisotopic (exact) mass is 330 g/mol. The van der Waals surface area contributed by atoms with Crippen molar-refractivity contribution in [3.8, 4) is 0 Å². The fraction of sp³-hybridized carbons (Fsp3) is 0.857. The second-order valence-corrected chi connectivity index (χ2v) is 6.89. The molecule has 7 nitrogen and oxygen atoms in total. The van der Waals surface area contributed by atoms with Crippen molar-refractivity contribution in [2.75, 3.05) is 32.1 Å². The second-order valence-electron chi connectivity index (χ2n) is 5.62. The quantitative estimate of drug-likeness (QED) is 0.328. The third kappa shape index (κ3) is 5.33. The molecule has 0 radical (unpaired) electrons. The zero-order valence-corrected chi connectivity index (χ0v) is 13.6. The minimum atomic E-state index is -0.0449. The molecule has 8 heteroatoms. The van der Waals surface area contributed by atoms with Gasteiger partial charge >= 0.3 is 6.03 Å². The molecule has 22 heavy (non-hydrogen) atoms. The Morgan fingerprint density at radius 1 is 1.36 bits per heavy atom. The summed E-state index contributed by atoms with van der Waals surface area (Å²) in [5.41, 5.74) is 5.30. The molecule has 3 amide bonds. The molecule has 2 saturated heterocycles. The average molecular weight is 330 g/mol. The van der Waals surface area contributed by atoms with Crippen LogP contribution < -0.4 is 21.7 Å². The van der Waals surface area contributed by atoms with Crippen molar-refractivity contribution in [2.45, 2.75) is 43.0 Å². The van der Waals surface area contributed by atoms with Crippen LogP contribution in [0, 0.1) is 0 Å². The lowest BCUT2D eigenvalue weighted by Crippen LogP contribution is -2.36. The minimum Gasteiger partial charge on any atom is -0.378 e. The van der Waals surface area contributed by atoms with Crippen molar-refractivity contribution < 1.29 is 14.3 Å². The average Bonchev–Trinajstić information content (AvgIpc) is 3.03. The molecule has 2 aliphatic rings. The first-order valence-corrected chi connectivity index (χ1v) is 8.98. The summed E-state index contributed by atoms with van der Waals surface area (Å²) in [5.74, 6) is 1.06. The Morgan fingerprint density at radius 3 is 3.05 bits per heavy atom. The van der Waals surface area contributed by atoms with Gasteiger partial charge in [-0.15, -0.1) is 0 Å². The van der Waals surface area contributed by atoms with Gasteiger partial charge in [-0.25, -0.2) is 4.79 Å². The van der Waals surface area contributed by atoms with Crippen LogP contribution in [0.1, 0.15) is 25.7 Å². The molecule has 2 rings (SSSR count). The third-order valence-corrected chi connectivity index (χ3v) is 5.42. The predicted molar refractivity (Wildman–Crippen MR) is 86.8 cm³/mol. The minimum absolute atomic E-state index is 0.0449. The zero-order valence-electron chi connectivity index (χ0n) is 12.8. The third-order valence-electron chi connectivity index (χ3n) is 3.91. The molecule has 2 aliphatic heterocycles. The van der Waals surface area contributed by atoms with E-state index in [1.807, 2.05) is 11.8 Å². The number of thioether (sulfide) groups is 1. The highest BCUT2D eigenvalue weighted by Gasteiger charge is 2.42. The smallest absolute Gasteiger partial charge is 0.315 e. The number of unbranched alkanes of at least 4 members (excludes halogenated alkanes) is 1. The molecule has 0 aliphatic carbocycles. The largest absolute Gasteiger partial charge is 0.378 e. The number of amides is 3. The van der Waals surface area contributed by atoms with Crippen LogP contribution in [-0.4, -0.2) is 61.3 Å². The Bertz CT molecular complexity index is 383. The molecular formula is C14H26N4O3S. The fourth-order valence-corrected chi connectivity index (χ4v) is 4.35. The molecule has 5 N–H and O–H groups in total. The zero-order chi connectivity index (χ0) is 15.8. The van der Waals surface area contributed by atoms with Gasteiger partial charge in [-0.1, -0.05) is 6.42 Å². The van der Waals surface area contributed by atoms with Crippen LogP contribution in [0.5, 0.6) is 0 Å². The number of carbonyl (C=O) groups excluding carboxylic acids is 2. The topological polar surface area (TPSA) is 105 Å². The summed E-state index contributed by atoms with van der Waals surface area (Å²) < 4.78 is 5.19. The van der Waals surface area contributed by atoms with Crippen molar-refractivity contribution in [1.29, 1.82) is 0 Å². The van der Waals surface area contributed by atoms with Crippen LogP contribution in [0.25, 0.3) is 0 Å². The Labute approximate surface area is 135 Å². The van der Waals surface area contributed by atoms with E-state index in [4.69, 9.17) is 10.5 Å². The number of ether oxygens (including phenoxy) is 1. The highest BCUT2D eigenvalue weighted by Crippen LogP contribution is 2.33. The first kappa shape index (κ1) is 17.4. The Morgan fingerprint density at radius 2 is 2.23 bits per heavy atom. The van der Waals surface area contributed by atoms with E-state index < -0.39 is 0 Å². The molecule has 0 bridgehead atoms. The summed E-state index contributed by atoms with van der Waals surface area (Å²) in [6.07, 6.45) is 3.48. The fourth-order valence-electron chi connectivity index (χ4n) is 2.81. The van der Waals surface area contributed by atoms with Crippen molar-refractivity contribution in [1.82, 2.24) is 16.0 Å². The van der Waals surface area contributed by atoms with Crippen LogP contribution in [-0.2, 0) is 9.53 Å². The number of rotatable bonds is 10. The maximum Gasteiger partial charge on any atom is 0.315 e. The molecule has 3 atom stereocenters. The Kier molecular flexibility index (Phi) is 7.28. The summed E-state index contributed by atoms with van der Waals surface area (Å²) in [7, 11) is 0. The van der Waals surface area contributed by atoms with Crippen molar-refractivity contribution in [3.05, 3.63) is 0 Å². The molecule has 0 spiro atoms. The van der Waals surface area contributed by atoms with E-state index in [0.29, 0.717) is 38.0 Å². The lowest BCUT2D eigenvalue weighted by molar-refractivity contribution is -0.121. The van der Waals surface area contributed by atoms with Crippen molar-refractivity contribution in [2.24, 2.45) is 5.73 Å². The molecule has 0 saturated carbocycles. The van der Waals surface area contributed by atoms with Crippen LogP contribution in [0.3, 0.4) is 0 Å². The highest BCUT2D eigenvalue weighted by molar-refractivity contribution is 8.00. The highest BCUT2D eigenvalue weighted by atomic mass is 32.2. The molecule has 126 valence electrons. The molecular weight excluding hydrogens is 304 g/mol. The van der Waals surface area contributed by atoms with E-state index in [9.17, 15) is 9.59 Å². The lowest BCUT2D eigenvalue weighted by Gasteiger charge is -2.16. The van der Waals surface area contributed by atoms with Crippen molar-refractivity contribution >= 4 is 23.7 Å². The van der Waals surface area contributed by atoms with Gasteiger partial charge in [0.1, 0.15) is 0 Å². The molecule has 0 aromatic rings. The van der Waals surface area contributed by atoms with Gasteiger partial charge in [0.15, 0.2) is 0 Å². The van der Waals surface area contributed by atoms with Gasteiger partial charge in [0, 0.05) is 30.5 Å². The molecule has 2 heterocycles. The van der Waals surface area contributed by atoms with Gasteiger partial charge in [-0.2, -0.15) is 11.8 Å². The van der Waals surface area contributed by atoms with E-state index in [-0.39, 0.29) is 24.0 Å². The molecule has 2 fully saturated rings. The standard InChI is InChI=1S/C14H26N4O3S/c15-5-7-21-8-6-16-12(19)4-2-1-3-11-13-10(9-22-11)17-14(20)18-13/h10-11,13H,1-9,15H2,(H,16,19)(H2,17,18,20)/t10-,11-,13?/m0/s1. The number of fused-ring (bicyclic) bond motifs is 1. The van der Waals surface area contributed by atoms with Crippen LogP contribution >= 0.6 is 11.8 Å². The van der Waals surface area contributed by atoms with Crippen LogP contribution in [0.2, 0.25) is 0 Å². The maximum absolute atomic E-state index is 11.6. The SMILES string of the molecule is NCCOCCNC(=O)CCCC[C@@H]1SC[C@@H]2NC(=O)NC21. The second kappa shape index (κ2) is 9.22. The van der Waals surface area contributed by atoms with Gasteiger partial charge in [0.05, 0.1) is 25.3 Å². The van der Waals surface area contributed by atoms with Gasteiger partial charge in [0.2, 0.25) is 5.91 Å². The first-order valence-electron chi connectivity index (χ1n) is 7.94. The van der Waals surface area contributed by atoms with E-state index in [0.717, 1.165) is 25.0 Å². The summed E-state index contributed by atoms with van der Waals surface area (Å²) in [6.45, 7) is 2.09. The molecule has 0 aromatic carbocycles. The van der Waals surface area contributed by atoms with E-state index in [2.05, 4.69) is 16.0 Å². The van der Waals surface area contributed by atoms with Gasteiger partial charge in [-0.3, -0.25) is 4.79 Å². The number of hydrogen-bond acceptors (Lipinski definition) is 5. The Balaban J connectivity index is 1.49. The normalized spacial score (nSPS) is 26.4. The Hall–Kier alpha value is -0.990. The number of nitrogens with one attached hydrogen (secondary N) is 3. The van der Waals surface area contributed by atoms with Gasteiger partial charge < -0.3 is 26.4 Å². The molecule has 0 aromatic heterocycles. The number of nitrogens with two attached hydrogens (primary N) is 1. The summed E-state index contributed by atoms with van der Waals surface area (Å²) in [4.78, 5) is 22.9. The molecule has 1 unspecified atom stereocenters. The van der Waals surface area contributed by atoms with Crippen LogP contribution in [0.15, 0.2) is 0 Å². The first-order chi connectivity index (χ1) is 10.7. The van der Waals surface area contributed by atoms with Gasteiger partial charge in [-0.05, 0) is 12.8 Å². The van der Waals surface area contributed by atoms with Crippen molar-refractivity contribution in [3.63, 3.8) is 0 Å². The number of urea groups is 1.